The van der Waals surface area contributed by atoms with Gasteiger partial charge in [0.05, 0.1) is 6.10 Å². The molecule has 0 bridgehead atoms. The van der Waals surface area contributed by atoms with Gasteiger partial charge in [0, 0.05) is 39.5 Å². The van der Waals surface area contributed by atoms with Gasteiger partial charge in [0.1, 0.15) is 0 Å². The van der Waals surface area contributed by atoms with E-state index in [1.807, 2.05) is 0 Å². The summed E-state index contributed by atoms with van der Waals surface area (Å²) in [5.41, 5.74) is 0. The van der Waals surface area contributed by atoms with Crippen molar-refractivity contribution in [2.45, 2.75) is 45.3 Å². The van der Waals surface area contributed by atoms with Crippen molar-refractivity contribution >= 4 is 29.9 Å². The molecule has 0 amide bonds. The fourth-order valence-electron chi connectivity index (χ4n) is 1.84. The number of aliphatic imine (C=N–C) groups is 1. The van der Waals surface area contributed by atoms with Crippen LogP contribution in [0.4, 0.5) is 0 Å². The van der Waals surface area contributed by atoms with Gasteiger partial charge in [-0.2, -0.15) is 0 Å². The van der Waals surface area contributed by atoms with E-state index in [4.69, 9.17) is 9.47 Å². The average Bonchev–Trinajstić information content (AvgIpc) is 2.37. The maximum atomic E-state index is 5.80. The van der Waals surface area contributed by atoms with Gasteiger partial charge < -0.3 is 20.1 Å². The summed E-state index contributed by atoms with van der Waals surface area (Å²) in [5.74, 6) is 0.857. The van der Waals surface area contributed by atoms with E-state index in [2.05, 4.69) is 29.5 Å². The quantitative estimate of drug-likeness (QED) is 0.317. The Labute approximate surface area is 133 Å². The Bertz CT molecular complexity index is 244. The van der Waals surface area contributed by atoms with Crippen molar-refractivity contribution in [2.24, 2.45) is 4.99 Å². The molecule has 1 heterocycles. The molecule has 1 saturated heterocycles. The van der Waals surface area contributed by atoms with Crippen molar-refractivity contribution < 1.29 is 9.47 Å². The fourth-order valence-corrected chi connectivity index (χ4v) is 1.84. The molecule has 5 nitrogen and oxygen atoms in total. The summed E-state index contributed by atoms with van der Waals surface area (Å²) in [6.45, 7) is 7.57. The van der Waals surface area contributed by atoms with Gasteiger partial charge in [-0.3, -0.25) is 4.99 Å². The zero-order chi connectivity index (χ0) is 13.2. The summed E-state index contributed by atoms with van der Waals surface area (Å²) < 4.78 is 11.1. The lowest BCUT2D eigenvalue weighted by atomic mass is 10.1. The molecule has 2 N–H and O–H groups in total. The van der Waals surface area contributed by atoms with Crippen molar-refractivity contribution in [2.75, 3.05) is 33.4 Å². The normalized spacial score (nSPS) is 17.2. The third-order valence-electron chi connectivity index (χ3n) is 2.78. The molecule has 0 aliphatic carbocycles. The highest BCUT2D eigenvalue weighted by molar-refractivity contribution is 14.0. The van der Waals surface area contributed by atoms with Crippen LogP contribution in [0.2, 0.25) is 0 Å². The summed E-state index contributed by atoms with van der Waals surface area (Å²) in [7, 11) is 1.79. The van der Waals surface area contributed by atoms with Crippen LogP contribution in [0.15, 0.2) is 4.99 Å². The fraction of sp³-hybridized carbons (Fsp3) is 0.923. The maximum absolute atomic E-state index is 5.80. The number of guanidine groups is 1. The standard InChI is InChI=1S/C13H27N3O2.HI/c1-11(2)16-13(14-3)15-7-4-8-18-12-5-9-17-10-6-12;/h11-12H,4-10H2,1-3H3,(H2,14,15,16);1H. The minimum atomic E-state index is 0. The van der Waals surface area contributed by atoms with Crippen molar-refractivity contribution in [3.8, 4) is 0 Å². The smallest absolute Gasteiger partial charge is 0.191 e. The van der Waals surface area contributed by atoms with E-state index in [9.17, 15) is 0 Å². The first-order valence-electron chi connectivity index (χ1n) is 6.89. The summed E-state index contributed by atoms with van der Waals surface area (Å²) in [6, 6.07) is 0.398. The Kier molecular flexibility index (Phi) is 11.7. The molecular weight excluding hydrogens is 357 g/mol. The van der Waals surface area contributed by atoms with E-state index < -0.39 is 0 Å². The SMILES string of the molecule is CN=C(NCCCOC1CCOCC1)NC(C)C.I. The van der Waals surface area contributed by atoms with E-state index in [1.165, 1.54) is 0 Å². The molecule has 1 aliphatic rings. The van der Waals surface area contributed by atoms with E-state index in [1.54, 1.807) is 7.05 Å². The molecule has 1 aliphatic heterocycles. The Hall–Kier alpha value is -0.0800. The Balaban J connectivity index is 0.00000324. The lowest BCUT2D eigenvalue weighted by molar-refractivity contribution is -0.0320. The zero-order valence-corrected chi connectivity index (χ0v) is 14.6. The molecule has 114 valence electrons. The highest BCUT2D eigenvalue weighted by Gasteiger charge is 2.13. The predicted octanol–water partition coefficient (Wildman–Crippen LogP) is 1.76. The van der Waals surface area contributed by atoms with Crippen LogP contribution in [0.1, 0.15) is 33.1 Å². The van der Waals surface area contributed by atoms with Crippen LogP contribution < -0.4 is 10.6 Å². The van der Waals surface area contributed by atoms with Gasteiger partial charge in [-0.05, 0) is 33.1 Å². The van der Waals surface area contributed by atoms with E-state index >= 15 is 0 Å². The summed E-state index contributed by atoms with van der Waals surface area (Å²) >= 11 is 0. The van der Waals surface area contributed by atoms with Gasteiger partial charge >= 0.3 is 0 Å². The average molecular weight is 385 g/mol. The van der Waals surface area contributed by atoms with E-state index in [0.29, 0.717) is 12.1 Å². The number of hydrogen-bond acceptors (Lipinski definition) is 3. The molecule has 0 aromatic heterocycles. The number of hydrogen-bond donors (Lipinski definition) is 2. The van der Waals surface area contributed by atoms with Crippen LogP contribution in [-0.4, -0.2) is 51.5 Å². The third kappa shape index (κ3) is 9.45. The number of nitrogens with one attached hydrogen (secondary N) is 2. The van der Waals surface area contributed by atoms with Gasteiger partial charge in [0.25, 0.3) is 0 Å². The van der Waals surface area contributed by atoms with Crippen LogP contribution in [0, 0.1) is 0 Å². The number of nitrogens with zero attached hydrogens (tertiary/aromatic N) is 1. The first-order valence-corrected chi connectivity index (χ1v) is 6.89. The zero-order valence-electron chi connectivity index (χ0n) is 12.3. The Morgan fingerprint density at radius 2 is 2.05 bits per heavy atom. The second kappa shape index (κ2) is 11.7. The highest BCUT2D eigenvalue weighted by Crippen LogP contribution is 2.10. The molecule has 0 aromatic rings. The Morgan fingerprint density at radius 1 is 1.37 bits per heavy atom. The Morgan fingerprint density at radius 3 is 2.63 bits per heavy atom. The first kappa shape index (κ1) is 18.9. The monoisotopic (exact) mass is 385 g/mol. The van der Waals surface area contributed by atoms with Crippen molar-refractivity contribution in [3.63, 3.8) is 0 Å². The summed E-state index contributed by atoms with van der Waals surface area (Å²) in [5, 5.41) is 6.52. The van der Waals surface area contributed by atoms with E-state index in [0.717, 1.165) is 51.6 Å². The van der Waals surface area contributed by atoms with E-state index in [-0.39, 0.29) is 24.0 Å². The van der Waals surface area contributed by atoms with Gasteiger partial charge in [0.2, 0.25) is 0 Å². The molecule has 19 heavy (non-hydrogen) atoms. The van der Waals surface area contributed by atoms with Crippen molar-refractivity contribution in [1.82, 2.24) is 10.6 Å². The largest absolute Gasteiger partial charge is 0.381 e. The molecule has 1 fully saturated rings. The minimum Gasteiger partial charge on any atom is -0.381 e. The molecule has 1 rings (SSSR count). The predicted molar refractivity (Wildman–Crippen MR) is 89.5 cm³/mol. The molecular formula is C13H28IN3O2. The molecule has 0 unspecified atom stereocenters. The molecule has 0 atom stereocenters. The van der Waals surface area contributed by atoms with Crippen LogP contribution in [0.3, 0.4) is 0 Å². The second-order valence-electron chi connectivity index (χ2n) is 4.83. The van der Waals surface area contributed by atoms with Crippen LogP contribution in [0.25, 0.3) is 0 Å². The van der Waals surface area contributed by atoms with Gasteiger partial charge in [-0.15, -0.1) is 24.0 Å². The molecule has 0 spiro atoms. The number of ether oxygens (including phenoxy) is 2. The third-order valence-corrected chi connectivity index (χ3v) is 2.78. The van der Waals surface area contributed by atoms with Gasteiger partial charge in [0.15, 0.2) is 5.96 Å². The highest BCUT2D eigenvalue weighted by atomic mass is 127. The van der Waals surface area contributed by atoms with Gasteiger partial charge in [-0.1, -0.05) is 0 Å². The first-order chi connectivity index (χ1) is 8.72. The summed E-state index contributed by atoms with van der Waals surface area (Å²) in [6.07, 6.45) is 3.45. The molecule has 0 aromatic carbocycles. The molecule has 0 saturated carbocycles. The van der Waals surface area contributed by atoms with Gasteiger partial charge in [-0.25, -0.2) is 0 Å². The topological polar surface area (TPSA) is 54.9 Å². The van der Waals surface area contributed by atoms with Crippen molar-refractivity contribution in [3.05, 3.63) is 0 Å². The van der Waals surface area contributed by atoms with Crippen molar-refractivity contribution in [1.29, 1.82) is 0 Å². The minimum absolute atomic E-state index is 0. The lowest BCUT2D eigenvalue weighted by Crippen LogP contribution is -2.41. The molecule has 6 heteroatoms. The summed E-state index contributed by atoms with van der Waals surface area (Å²) in [4.78, 5) is 4.15. The lowest BCUT2D eigenvalue weighted by Gasteiger charge is -2.22. The second-order valence-corrected chi connectivity index (χ2v) is 4.83. The maximum Gasteiger partial charge on any atom is 0.191 e. The van der Waals surface area contributed by atoms with Crippen LogP contribution in [0.5, 0.6) is 0 Å². The number of halogens is 1. The van der Waals surface area contributed by atoms with Crippen LogP contribution >= 0.6 is 24.0 Å². The van der Waals surface area contributed by atoms with Crippen LogP contribution in [-0.2, 0) is 9.47 Å². The molecule has 0 radical (unpaired) electrons. The number of rotatable bonds is 6.